The molecule has 0 radical (unpaired) electrons. The van der Waals surface area contributed by atoms with Crippen LogP contribution in [-0.2, 0) is 29.5 Å². The summed E-state index contributed by atoms with van der Waals surface area (Å²) in [5, 5.41) is 30.7. The number of fused-ring (bicyclic) bond motifs is 5. The number of quaternary nitrogens is 1. The van der Waals surface area contributed by atoms with Gasteiger partial charge in [0.1, 0.15) is 30.4 Å². The zero-order valence-electron chi connectivity index (χ0n) is 18.6. The molecule has 0 saturated carbocycles. The lowest BCUT2D eigenvalue weighted by molar-refractivity contribution is -0.938. The number of esters is 1. The fourth-order valence-corrected chi connectivity index (χ4v) is 6.69. The van der Waals surface area contributed by atoms with Gasteiger partial charge >= 0.3 is 17.9 Å². The van der Waals surface area contributed by atoms with Crippen molar-refractivity contribution in [2.75, 3.05) is 14.1 Å². The van der Waals surface area contributed by atoms with Crippen LogP contribution in [0.25, 0.3) is 0 Å². The number of aliphatic carboxylic acids is 2. The second-order valence-electron chi connectivity index (χ2n) is 9.00. The number of aliphatic hydroxyl groups is 1. The zero-order valence-corrected chi connectivity index (χ0v) is 20.2. The molecule has 0 aliphatic carbocycles. The normalized spacial score (nSPS) is 28.5. The molecule has 5 heterocycles. The van der Waals surface area contributed by atoms with Crippen LogP contribution in [0.3, 0.4) is 0 Å². The molecule has 3 saturated heterocycles. The molecule has 2 aromatic rings. The highest BCUT2D eigenvalue weighted by Crippen LogP contribution is 2.52. The third kappa shape index (κ3) is 4.53. The van der Waals surface area contributed by atoms with Gasteiger partial charge in [-0.25, -0.2) is 14.4 Å². The van der Waals surface area contributed by atoms with Gasteiger partial charge in [0, 0.05) is 25.0 Å². The first-order chi connectivity index (χ1) is 16.0. The molecule has 4 unspecified atom stereocenters. The molecule has 2 aromatic heterocycles. The summed E-state index contributed by atoms with van der Waals surface area (Å²) in [5.41, 5.74) is -1.72. The first-order valence-electron chi connectivity index (χ1n) is 10.7. The third-order valence-electron chi connectivity index (χ3n) is 6.73. The SMILES string of the molecule is C[N+]1(C)C2CC(OC(=O)C(O)(c3cccs3)c3cccs3)CC1C1OC12.O=C(O)/C=C\C(=O)O. The first kappa shape index (κ1) is 24.6. The predicted octanol–water partition coefficient (Wildman–Crippen LogP) is 2.06. The number of ether oxygens (including phenoxy) is 2. The van der Waals surface area contributed by atoms with Crippen molar-refractivity contribution >= 4 is 40.6 Å². The van der Waals surface area contributed by atoms with Gasteiger partial charge < -0.3 is 29.3 Å². The van der Waals surface area contributed by atoms with Gasteiger partial charge in [-0.3, -0.25) is 0 Å². The van der Waals surface area contributed by atoms with E-state index in [9.17, 15) is 19.5 Å². The largest absolute Gasteiger partial charge is 0.478 e. The number of carboxylic acids is 2. The molecule has 0 spiro atoms. The van der Waals surface area contributed by atoms with E-state index in [0.717, 1.165) is 17.3 Å². The van der Waals surface area contributed by atoms with Crippen LogP contribution in [0.2, 0.25) is 0 Å². The van der Waals surface area contributed by atoms with Crippen molar-refractivity contribution in [2.45, 2.75) is 48.8 Å². The number of thiophene rings is 2. The minimum atomic E-state index is -1.72. The Labute approximate surface area is 204 Å². The maximum Gasteiger partial charge on any atom is 0.349 e. The smallest absolute Gasteiger partial charge is 0.349 e. The number of epoxide rings is 1. The van der Waals surface area contributed by atoms with Crippen molar-refractivity contribution in [1.82, 2.24) is 0 Å². The van der Waals surface area contributed by atoms with Crippen LogP contribution in [0, 0.1) is 0 Å². The summed E-state index contributed by atoms with van der Waals surface area (Å²) in [6.45, 7) is 0. The lowest BCUT2D eigenvalue weighted by Gasteiger charge is -2.45. The summed E-state index contributed by atoms with van der Waals surface area (Å²) in [7, 11) is 4.49. The Morgan fingerprint density at radius 3 is 1.85 bits per heavy atom. The lowest BCUT2D eigenvalue weighted by atomic mass is 9.95. The van der Waals surface area contributed by atoms with Gasteiger partial charge in [-0.15, -0.1) is 22.7 Å². The van der Waals surface area contributed by atoms with Crippen LogP contribution in [0.5, 0.6) is 0 Å². The first-order valence-corrected chi connectivity index (χ1v) is 12.4. The van der Waals surface area contributed by atoms with Crippen molar-refractivity contribution in [2.24, 2.45) is 0 Å². The number of hydrogen-bond donors (Lipinski definition) is 3. The van der Waals surface area contributed by atoms with E-state index < -0.39 is 23.5 Å². The van der Waals surface area contributed by atoms with Gasteiger partial charge in [-0.05, 0) is 22.9 Å². The number of carbonyl (C=O) groups is 3. The Hall–Kier alpha value is -2.57. The Bertz CT molecular complexity index is 1010. The van der Waals surface area contributed by atoms with Gasteiger partial charge in [0.15, 0.2) is 0 Å². The minimum Gasteiger partial charge on any atom is -0.478 e. The Kier molecular flexibility index (Phi) is 6.67. The summed E-state index contributed by atoms with van der Waals surface area (Å²) in [4.78, 5) is 33.4. The highest BCUT2D eigenvalue weighted by Gasteiger charge is 2.71. The summed E-state index contributed by atoms with van der Waals surface area (Å²) in [6, 6.07) is 8.01. The molecule has 4 atom stereocenters. The molecular formula is C23H26NO8S2+. The molecule has 3 fully saturated rings. The monoisotopic (exact) mass is 508 g/mol. The second-order valence-corrected chi connectivity index (χ2v) is 10.9. The van der Waals surface area contributed by atoms with Crippen molar-refractivity contribution in [3.63, 3.8) is 0 Å². The number of rotatable bonds is 6. The minimum absolute atomic E-state index is 0.161. The molecule has 11 heteroatoms. The van der Waals surface area contributed by atoms with E-state index in [1.165, 1.54) is 22.7 Å². The predicted molar refractivity (Wildman–Crippen MR) is 124 cm³/mol. The van der Waals surface area contributed by atoms with Crippen LogP contribution in [-0.4, -0.2) is 82.2 Å². The van der Waals surface area contributed by atoms with Gasteiger partial charge in [-0.1, -0.05) is 12.1 Å². The van der Waals surface area contributed by atoms with Crippen molar-refractivity contribution in [3.8, 4) is 0 Å². The molecule has 182 valence electrons. The van der Waals surface area contributed by atoms with Crippen LogP contribution < -0.4 is 0 Å². The van der Waals surface area contributed by atoms with E-state index in [-0.39, 0.29) is 6.10 Å². The van der Waals surface area contributed by atoms with E-state index in [2.05, 4.69) is 14.1 Å². The number of hydrogen-bond acceptors (Lipinski definition) is 8. The highest BCUT2D eigenvalue weighted by atomic mass is 32.1. The summed E-state index contributed by atoms with van der Waals surface area (Å²) in [6.07, 6.45) is 3.17. The Morgan fingerprint density at radius 1 is 1.00 bits per heavy atom. The summed E-state index contributed by atoms with van der Waals surface area (Å²) >= 11 is 2.74. The number of piperidine rings is 1. The summed E-state index contributed by atoms with van der Waals surface area (Å²) in [5.74, 6) is -3.08. The van der Waals surface area contributed by atoms with Crippen LogP contribution in [0.15, 0.2) is 47.2 Å². The van der Waals surface area contributed by atoms with Crippen LogP contribution in [0.4, 0.5) is 0 Å². The zero-order chi connectivity index (χ0) is 24.7. The molecule has 9 nitrogen and oxygen atoms in total. The second kappa shape index (κ2) is 9.23. The van der Waals surface area contributed by atoms with E-state index in [0.29, 0.717) is 46.2 Å². The van der Waals surface area contributed by atoms with Crippen molar-refractivity contribution in [1.29, 1.82) is 0 Å². The van der Waals surface area contributed by atoms with E-state index in [1.54, 1.807) is 12.1 Å². The van der Waals surface area contributed by atoms with Crippen molar-refractivity contribution in [3.05, 3.63) is 56.9 Å². The fraction of sp³-hybridized carbons (Fsp3) is 0.435. The van der Waals surface area contributed by atoms with Gasteiger partial charge in [0.25, 0.3) is 0 Å². The van der Waals surface area contributed by atoms with Gasteiger partial charge in [0.2, 0.25) is 5.60 Å². The molecule has 0 aromatic carbocycles. The quantitative estimate of drug-likeness (QED) is 0.234. The number of carbonyl (C=O) groups excluding carboxylic acids is 1. The van der Waals surface area contributed by atoms with E-state index in [1.807, 2.05) is 22.9 Å². The van der Waals surface area contributed by atoms with Gasteiger partial charge in [0.05, 0.1) is 23.8 Å². The lowest BCUT2D eigenvalue weighted by Crippen LogP contribution is -2.60. The fourth-order valence-electron chi connectivity index (χ4n) is 4.97. The van der Waals surface area contributed by atoms with Crippen LogP contribution >= 0.6 is 22.7 Å². The van der Waals surface area contributed by atoms with E-state index in [4.69, 9.17) is 19.7 Å². The molecule has 2 bridgehead atoms. The van der Waals surface area contributed by atoms with E-state index >= 15 is 0 Å². The Balaban J connectivity index is 0.000000297. The standard InChI is InChI=1S/C19H22NO4S2.C4H4O4/c1-20(2)12-9-11(10-13(20)17-16(12)24-17)23-18(21)19(22,14-5-3-7-25-14)15-6-4-8-26-15;5-3(6)1-2-4(7)8/h3-8,11-13,16-17,22H,9-10H2,1-2H3;1-2H,(H,5,6)(H,7,8)/q+1;/b;2-1-. The average molecular weight is 509 g/mol. The third-order valence-corrected chi connectivity index (χ3v) is 8.69. The maximum absolute atomic E-state index is 13.1. The molecule has 3 N–H and O–H groups in total. The number of likely N-dealkylation sites (N-methyl/N-ethyl adjacent to an activating group) is 1. The Morgan fingerprint density at radius 2 is 1.47 bits per heavy atom. The molecule has 5 rings (SSSR count). The summed E-state index contributed by atoms with van der Waals surface area (Å²) < 4.78 is 12.6. The topological polar surface area (TPSA) is 134 Å². The molecule has 34 heavy (non-hydrogen) atoms. The maximum atomic E-state index is 13.1. The number of nitrogens with zero attached hydrogens (tertiary/aromatic N) is 1. The molecule has 0 amide bonds. The average Bonchev–Trinajstić information content (AvgIpc) is 3.11. The number of carboxylic acid groups (broad SMARTS) is 2. The number of morpholine rings is 1. The molecule has 3 aliphatic heterocycles. The molecule has 3 aliphatic rings. The highest BCUT2D eigenvalue weighted by molar-refractivity contribution is 7.12. The van der Waals surface area contributed by atoms with Crippen molar-refractivity contribution < 1.29 is 43.7 Å². The van der Waals surface area contributed by atoms with Crippen LogP contribution in [0.1, 0.15) is 22.6 Å². The van der Waals surface area contributed by atoms with Gasteiger partial charge in [-0.2, -0.15) is 0 Å². The molecular weight excluding hydrogens is 482 g/mol.